The summed E-state index contributed by atoms with van der Waals surface area (Å²) >= 11 is 0. The van der Waals surface area contributed by atoms with Gasteiger partial charge in [-0.15, -0.1) is 12.4 Å². The van der Waals surface area contributed by atoms with Gasteiger partial charge >= 0.3 is 0 Å². The molecule has 0 aromatic heterocycles. The van der Waals surface area contributed by atoms with Gasteiger partial charge in [-0.05, 0) is 43.0 Å². The van der Waals surface area contributed by atoms with Crippen molar-refractivity contribution in [2.45, 2.75) is 19.8 Å². The number of benzene rings is 1. The Kier molecular flexibility index (Phi) is 4.28. The fraction of sp³-hybridized carbons (Fsp3) is 0.500. The predicted octanol–water partition coefficient (Wildman–Crippen LogP) is 2.93. The molecule has 1 unspecified atom stereocenters. The molecule has 2 rings (SSSR count). The third-order valence-corrected chi connectivity index (χ3v) is 2.92. The maximum absolute atomic E-state index is 5.66. The highest BCUT2D eigenvalue weighted by Crippen LogP contribution is 2.23. The maximum Gasteiger partial charge on any atom is 0.0367 e. The van der Waals surface area contributed by atoms with Crippen LogP contribution in [0.2, 0.25) is 0 Å². The lowest BCUT2D eigenvalue weighted by molar-refractivity contribution is 0.447. The van der Waals surface area contributed by atoms with Crippen LogP contribution in [0.5, 0.6) is 0 Å². The number of halogens is 1. The van der Waals surface area contributed by atoms with Gasteiger partial charge in [-0.3, -0.25) is 0 Å². The van der Waals surface area contributed by atoms with E-state index in [2.05, 4.69) is 24.0 Å². The molecule has 1 atom stereocenters. The number of nitrogen functional groups attached to an aromatic ring is 1. The molecule has 84 valence electrons. The van der Waals surface area contributed by atoms with E-state index in [4.69, 9.17) is 5.73 Å². The molecule has 0 spiro atoms. The highest BCUT2D eigenvalue weighted by atomic mass is 35.5. The Hall–Kier alpha value is -0.890. The molecule has 1 fully saturated rings. The molecular formula is C12H19ClN2. The largest absolute Gasteiger partial charge is 0.399 e. The Morgan fingerprint density at radius 1 is 1.27 bits per heavy atom. The smallest absolute Gasteiger partial charge is 0.0367 e. The summed E-state index contributed by atoms with van der Waals surface area (Å²) in [7, 11) is 0. The van der Waals surface area contributed by atoms with Gasteiger partial charge in [-0.1, -0.05) is 6.92 Å². The molecule has 1 heterocycles. The fourth-order valence-corrected chi connectivity index (χ4v) is 2.11. The molecule has 3 heteroatoms. The molecule has 0 saturated carbocycles. The molecule has 1 aromatic rings. The summed E-state index contributed by atoms with van der Waals surface area (Å²) in [5, 5.41) is 0. The van der Waals surface area contributed by atoms with E-state index in [1.807, 2.05) is 12.1 Å². The summed E-state index contributed by atoms with van der Waals surface area (Å²) in [5.41, 5.74) is 7.82. The monoisotopic (exact) mass is 226 g/mol. The van der Waals surface area contributed by atoms with Crippen molar-refractivity contribution in [2.75, 3.05) is 23.7 Å². The van der Waals surface area contributed by atoms with Crippen LogP contribution in [0.3, 0.4) is 0 Å². The Bertz CT molecular complexity index is 297. The molecule has 0 aliphatic carbocycles. The number of anilines is 2. The average Bonchev–Trinajstić information content (AvgIpc) is 2.19. The summed E-state index contributed by atoms with van der Waals surface area (Å²) < 4.78 is 0. The van der Waals surface area contributed by atoms with Gasteiger partial charge in [0.25, 0.3) is 0 Å². The zero-order chi connectivity index (χ0) is 9.97. The van der Waals surface area contributed by atoms with E-state index in [9.17, 15) is 0 Å². The zero-order valence-electron chi connectivity index (χ0n) is 9.15. The topological polar surface area (TPSA) is 29.3 Å². The number of hydrogen-bond acceptors (Lipinski definition) is 2. The summed E-state index contributed by atoms with van der Waals surface area (Å²) in [4.78, 5) is 2.45. The Balaban J connectivity index is 0.00000112. The van der Waals surface area contributed by atoms with Gasteiger partial charge in [-0.25, -0.2) is 0 Å². The van der Waals surface area contributed by atoms with E-state index in [0.29, 0.717) is 0 Å². The van der Waals surface area contributed by atoms with Crippen LogP contribution in [0.25, 0.3) is 0 Å². The van der Waals surface area contributed by atoms with E-state index in [1.165, 1.54) is 31.6 Å². The van der Waals surface area contributed by atoms with Crippen molar-refractivity contribution in [1.82, 2.24) is 0 Å². The minimum Gasteiger partial charge on any atom is -0.399 e. The lowest BCUT2D eigenvalue weighted by Gasteiger charge is -2.32. The van der Waals surface area contributed by atoms with Gasteiger partial charge in [0.2, 0.25) is 0 Å². The molecular weight excluding hydrogens is 208 g/mol. The highest BCUT2D eigenvalue weighted by Gasteiger charge is 2.15. The van der Waals surface area contributed by atoms with Crippen LogP contribution >= 0.6 is 12.4 Å². The van der Waals surface area contributed by atoms with Crippen molar-refractivity contribution in [3.63, 3.8) is 0 Å². The van der Waals surface area contributed by atoms with Gasteiger partial charge in [0.15, 0.2) is 0 Å². The standard InChI is InChI=1S/C12H18N2.ClH/c1-10-3-2-8-14(9-10)12-6-4-11(13)5-7-12;/h4-7,10H,2-3,8-9,13H2,1H3;1H. The van der Waals surface area contributed by atoms with E-state index >= 15 is 0 Å². The summed E-state index contributed by atoms with van der Waals surface area (Å²) in [6.45, 7) is 4.70. The first-order valence-corrected chi connectivity index (χ1v) is 5.36. The van der Waals surface area contributed by atoms with E-state index in [1.54, 1.807) is 0 Å². The third kappa shape index (κ3) is 3.03. The lowest BCUT2D eigenvalue weighted by Crippen LogP contribution is -2.34. The average molecular weight is 227 g/mol. The maximum atomic E-state index is 5.66. The van der Waals surface area contributed by atoms with Crippen molar-refractivity contribution >= 4 is 23.8 Å². The van der Waals surface area contributed by atoms with Crippen LogP contribution in [-0.4, -0.2) is 13.1 Å². The Morgan fingerprint density at radius 2 is 1.93 bits per heavy atom. The Labute approximate surface area is 97.9 Å². The van der Waals surface area contributed by atoms with Crippen molar-refractivity contribution in [3.8, 4) is 0 Å². The number of piperidine rings is 1. The minimum atomic E-state index is 0. The van der Waals surface area contributed by atoms with Crippen LogP contribution in [0.15, 0.2) is 24.3 Å². The molecule has 1 saturated heterocycles. The SMILES string of the molecule is CC1CCCN(c2ccc(N)cc2)C1.Cl. The second kappa shape index (κ2) is 5.26. The van der Waals surface area contributed by atoms with Crippen molar-refractivity contribution in [3.05, 3.63) is 24.3 Å². The molecule has 1 aromatic carbocycles. The van der Waals surface area contributed by atoms with Gasteiger partial charge < -0.3 is 10.6 Å². The summed E-state index contributed by atoms with van der Waals surface area (Å²) in [5.74, 6) is 0.821. The molecule has 2 N–H and O–H groups in total. The lowest BCUT2D eigenvalue weighted by atomic mass is 10.00. The zero-order valence-corrected chi connectivity index (χ0v) is 9.96. The first-order valence-electron chi connectivity index (χ1n) is 5.36. The molecule has 0 amide bonds. The van der Waals surface area contributed by atoms with Gasteiger partial charge in [0.05, 0.1) is 0 Å². The quantitative estimate of drug-likeness (QED) is 0.747. The van der Waals surface area contributed by atoms with Crippen LogP contribution in [0.1, 0.15) is 19.8 Å². The first kappa shape index (κ1) is 12.2. The van der Waals surface area contributed by atoms with E-state index in [0.717, 1.165) is 11.6 Å². The normalized spacial score (nSPS) is 20.9. The van der Waals surface area contributed by atoms with Crippen molar-refractivity contribution in [1.29, 1.82) is 0 Å². The molecule has 0 radical (unpaired) electrons. The van der Waals surface area contributed by atoms with E-state index in [-0.39, 0.29) is 12.4 Å². The summed E-state index contributed by atoms with van der Waals surface area (Å²) in [6.07, 6.45) is 2.68. The van der Waals surface area contributed by atoms with Crippen LogP contribution in [-0.2, 0) is 0 Å². The second-order valence-electron chi connectivity index (χ2n) is 4.28. The molecule has 1 aliphatic heterocycles. The molecule has 1 aliphatic rings. The molecule has 15 heavy (non-hydrogen) atoms. The van der Waals surface area contributed by atoms with Gasteiger partial charge in [0, 0.05) is 24.5 Å². The van der Waals surface area contributed by atoms with Gasteiger partial charge in [-0.2, -0.15) is 0 Å². The number of nitrogens with two attached hydrogens (primary N) is 1. The predicted molar refractivity (Wildman–Crippen MR) is 68.7 cm³/mol. The summed E-state index contributed by atoms with van der Waals surface area (Å²) in [6, 6.07) is 8.20. The number of rotatable bonds is 1. The highest BCUT2D eigenvalue weighted by molar-refractivity contribution is 5.85. The van der Waals surface area contributed by atoms with Crippen LogP contribution < -0.4 is 10.6 Å². The van der Waals surface area contributed by atoms with Crippen LogP contribution in [0.4, 0.5) is 11.4 Å². The number of hydrogen-bond donors (Lipinski definition) is 1. The molecule has 2 nitrogen and oxygen atoms in total. The van der Waals surface area contributed by atoms with Crippen molar-refractivity contribution < 1.29 is 0 Å². The minimum absolute atomic E-state index is 0. The number of nitrogens with zero attached hydrogens (tertiary/aromatic N) is 1. The van der Waals surface area contributed by atoms with Crippen molar-refractivity contribution in [2.24, 2.45) is 5.92 Å². The van der Waals surface area contributed by atoms with Gasteiger partial charge in [0.1, 0.15) is 0 Å². The fourth-order valence-electron chi connectivity index (χ4n) is 2.11. The third-order valence-electron chi connectivity index (χ3n) is 2.92. The first-order chi connectivity index (χ1) is 6.75. The molecule has 0 bridgehead atoms. The Morgan fingerprint density at radius 3 is 2.53 bits per heavy atom. The van der Waals surface area contributed by atoms with E-state index < -0.39 is 0 Å². The second-order valence-corrected chi connectivity index (χ2v) is 4.28. The van der Waals surface area contributed by atoms with Crippen LogP contribution in [0, 0.1) is 5.92 Å².